The quantitative estimate of drug-likeness (QED) is 0.579. The Morgan fingerprint density at radius 1 is 1.23 bits per heavy atom. The average molecular weight is 402 g/mol. The van der Waals surface area contributed by atoms with E-state index in [1.54, 1.807) is 6.92 Å². The monoisotopic (exact) mass is 401 g/mol. The van der Waals surface area contributed by atoms with E-state index in [0.717, 1.165) is 0 Å². The highest BCUT2D eigenvalue weighted by molar-refractivity contribution is 6.40. The van der Waals surface area contributed by atoms with Gasteiger partial charge in [-0.2, -0.15) is 0 Å². The molecular weight excluding hydrogens is 385 g/mol. The van der Waals surface area contributed by atoms with E-state index in [0.29, 0.717) is 11.1 Å². The maximum absolute atomic E-state index is 11.9. The van der Waals surface area contributed by atoms with E-state index in [-0.39, 0.29) is 38.8 Å². The molecule has 1 amide bonds. The van der Waals surface area contributed by atoms with Crippen molar-refractivity contribution in [1.82, 2.24) is 10.2 Å². The second-order valence-corrected chi connectivity index (χ2v) is 6.62. The zero-order valence-corrected chi connectivity index (χ0v) is 15.9. The van der Waals surface area contributed by atoms with Crippen LogP contribution in [0.5, 0.6) is 23.1 Å². The molecule has 0 aliphatic heterocycles. The van der Waals surface area contributed by atoms with Crippen molar-refractivity contribution in [2.45, 2.75) is 33.6 Å². The first-order chi connectivity index (χ1) is 12.1. The van der Waals surface area contributed by atoms with Crippen molar-refractivity contribution in [2.24, 2.45) is 0 Å². The predicted octanol–water partition coefficient (Wildman–Crippen LogP) is 3.67. The van der Waals surface area contributed by atoms with Crippen LogP contribution in [0.4, 0.5) is 5.69 Å². The number of aromatic hydroxyl groups is 2. The normalized spacial score (nSPS) is 10.9. The molecule has 0 unspecified atom stereocenters. The number of anilines is 1. The number of benzene rings is 1. The molecule has 0 atom stereocenters. The molecule has 1 aromatic carbocycles. The summed E-state index contributed by atoms with van der Waals surface area (Å²) in [6.07, 6.45) is 0. The van der Waals surface area contributed by atoms with Gasteiger partial charge in [0.25, 0.3) is 5.56 Å². The Balaban J connectivity index is 2.60. The first kappa shape index (κ1) is 19.9. The number of phenols is 2. The first-order valence-corrected chi connectivity index (χ1v) is 8.29. The van der Waals surface area contributed by atoms with Gasteiger partial charge in [-0.1, -0.05) is 37.0 Å². The third-order valence-corrected chi connectivity index (χ3v) is 4.29. The number of aromatic amines is 1. The van der Waals surface area contributed by atoms with Crippen LogP contribution in [0.1, 0.15) is 37.8 Å². The molecule has 4 N–H and O–H groups in total. The van der Waals surface area contributed by atoms with Crippen LogP contribution in [-0.4, -0.2) is 26.3 Å². The number of aromatic nitrogens is 2. The van der Waals surface area contributed by atoms with Crippen LogP contribution in [0, 0.1) is 6.92 Å². The van der Waals surface area contributed by atoms with Crippen LogP contribution in [0.3, 0.4) is 0 Å². The number of carbonyl (C=O) groups is 1. The number of halogens is 2. The van der Waals surface area contributed by atoms with Gasteiger partial charge in [0, 0.05) is 18.1 Å². The Hall–Kier alpha value is -2.45. The molecule has 0 fully saturated rings. The van der Waals surface area contributed by atoms with E-state index < -0.39 is 17.4 Å². The van der Waals surface area contributed by atoms with Crippen molar-refractivity contribution in [3.8, 4) is 23.1 Å². The number of rotatable bonds is 4. The van der Waals surface area contributed by atoms with E-state index in [9.17, 15) is 19.8 Å². The van der Waals surface area contributed by atoms with Gasteiger partial charge in [0.05, 0.1) is 0 Å². The molecule has 0 spiro atoms. The minimum absolute atomic E-state index is 0.00294. The van der Waals surface area contributed by atoms with Crippen LogP contribution in [0.2, 0.25) is 10.0 Å². The van der Waals surface area contributed by atoms with Crippen molar-refractivity contribution >= 4 is 34.8 Å². The van der Waals surface area contributed by atoms with Crippen LogP contribution in [0.15, 0.2) is 4.79 Å². The third-order valence-electron chi connectivity index (χ3n) is 3.59. The minimum Gasteiger partial charge on any atom is -0.504 e. The van der Waals surface area contributed by atoms with Crippen molar-refractivity contribution in [2.75, 3.05) is 5.32 Å². The lowest BCUT2D eigenvalue weighted by Crippen LogP contribution is -2.18. The minimum atomic E-state index is -0.620. The topological polar surface area (TPSA) is 125 Å². The lowest BCUT2D eigenvalue weighted by Gasteiger charge is -2.17. The van der Waals surface area contributed by atoms with Crippen LogP contribution in [0.25, 0.3) is 0 Å². The maximum atomic E-state index is 11.9. The SMILES string of the molecule is CC(=O)Nc1c(O)c(Cl)c(Oc2n[nH]c(=O)c(C(C)C)c2C)c(Cl)c1O. The van der Waals surface area contributed by atoms with E-state index in [2.05, 4.69) is 15.5 Å². The van der Waals surface area contributed by atoms with Crippen LogP contribution in [-0.2, 0) is 4.79 Å². The molecule has 2 rings (SSSR count). The van der Waals surface area contributed by atoms with Gasteiger partial charge in [-0.05, 0) is 12.8 Å². The smallest absolute Gasteiger partial charge is 0.268 e. The molecule has 1 heterocycles. The molecule has 0 bridgehead atoms. The van der Waals surface area contributed by atoms with Crippen molar-refractivity contribution in [3.63, 3.8) is 0 Å². The standard InChI is InChI=1S/C16H17Cl2N3O5/c1-5(2)8-6(3)16(21-20-15(8)25)26-14-9(17)12(23)11(19-7(4)22)13(24)10(14)18/h5,23-24H,1-4H3,(H,19,22)(H,20,25). The summed E-state index contributed by atoms with van der Waals surface area (Å²) in [7, 11) is 0. The average Bonchev–Trinajstić information content (AvgIpc) is 2.55. The van der Waals surface area contributed by atoms with E-state index >= 15 is 0 Å². The Bertz CT molecular complexity index is 911. The summed E-state index contributed by atoms with van der Waals surface area (Å²) in [5, 5.41) is 28.0. The highest BCUT2D eigenvalue weighted by atomic mass is 35.5. The lowest BCUT2D eigenvalue weighted by molar-refractivity contribution is -0.114. The number of phenolic OH excluding ortho intramolecular Hbond substituents is 2. The van der Waals surface area contributed by atoms with Gasteiger partial charge in [0.2, 0.25) is 11.8 Å². The maximum Gasteiger partial charge on any atom is 0.268 e. The molecular formula is C16H17Cl2N3O5. The van der Waals surface area contributed by atoms with Gasteiger partial charge in [-0.3, -0.25) is 9.59 Å². The van der Waals surface area contributed by atoms with E-state index in [1.807, 2.05) is 13.8 Å². The number of nitrogens with zero attached hydrogens (tertiary/aromatic N) is 1. The first-order valence-electron chi connectivity index (χ1n) is 7.53. The van der Waals surface area contributed by atoms with Gasteiger partial charge in [-0.15, -0.1) is 5.10 Å². The molecule has 0 aliphatic rings. The predicted molar refractivity (Wildman–Crippen MR) is 97.9 cm³/mol. The molecule has 8 nitrogen and oxygen atoms in total. The number of hydrogen-bond donors (Lipinski definition) is 4. The fraction of sp³-hybridized carbons (Fsp3) is 0.312. The number of ether oxygens (including phenoxy) is 1. The fourth-order valence-electron chi connectivity index (χ4n) is 2.45. The van der Waals surface area contributed by atoms with Crippen molar-refractivity contribution in [3.05, 3.63) is 31.5 Å². The molecule has 26 heavy (non-hydrogen) atoms. The summed E-state index contributed by atoms with van der Waals surface area (Å²) < 4.78 is 5.56. The van der Waals surface area contributed by atoms with Gasteiger partial charge in [-0.25, -0.2) is 5.10 Å². The second-order valence-electron chi connectivity index (χ2n) is 5.86. The third kappa shape index (κ3) is 3.56. The summed E-state index contributed by atoms with van der Waals surface area (Å²) >= 11 is 12.1. The summed E-state index contributed by atoms with van der Waals surface area (Å²) in [6, 6.07) is 0. The highest BCUT2D eigenvalue weighted by Gasteiger charge is 2.26. The molecule has 1 aromatic heterocycles. The zero-order valence-electron chi connectivity index (χ0n) is 14.4. The molecule has 0 radical (unpaired) electrons. The Morgan fingerprint density at radius 3 is 2.23 bits per heavy atom. The molecule has 0 aliphatic carbocycles. The molecule has 2 aromatic rings. The Labute approximate surface area is 158 Å². The number of carbonyl (C=O) groups excluding carboxylic acids is 1. The molecule has 0 saturated carbocycles. The summed E-state index contributed by atoms with van der Waals surface area (Å²) in [4.78, 5) is 23.1. The van der Waals surface area contributed by atoms with Gasteiger partial charge in [0.15, 0.2) is 17.2 Å². The summed E-state index contributed by atoms with van der Waals surface area (Å²) in [6.45, 7) is 6.49. The molecule has 0 saturated heterocycles. The fourth-order valence-corrected chi connectivity index (χ4v) is 2.95. The second kappa shape index (κ2) is 7.43. The highest BCUT2D eigenvalue weighted by Crippen LogP contribution is 2.52. The largest absolute Gasteiger partial charge is 0.504 e. The van der Waals surface area contributed by atoms with E-state index in [4.69, 9.17) is 27.9 Å². The number of hydrogen-bond acceptors (Lipinski definition) is 6. The molecule has 140 valence electrons. The van der Waals surface area contributed by atoms with Crippen molar-refractivity contribution in [1.29, 1.82) is 0 Å². The Kier molecular flexibility index (Phi) is 5.68. The number of amides is 1. The number of nitrogens with one attached hydrogen (secondary N) is 2. The molecule has 10 heteroatoms. The van der Waals surface area contributed by atoms with Gasteiger partial charge in [0.1, 0.15) is 15.7 Å². The van der Waals surface area contributed by atoms with Crippen LogP contribution >= 0.6 is 23.2 Å². The summed E-state index contributed by atoms with van der Waals surface area (Å²) in [5.74, 6) is -2.15. The Morgan fingerprint density at radius 2 is 1.77 bits per heavy atom. The van der Waals surface area contributed by atoms with Gasteiger partial charge >= 0.3 is 0 Å². The van der Waals surface area contributed by atoms with Crippen molar-refractivity contribution < 1.29 is 19.7 Å². The number of H-pyrrole nitrogens is 1. The zero-order chi connectivity index (χ0) is 19.8. The van der Waals surface area contributed by atoms with Crippen LogP contribution < -0.4 is 15.6 Å². The lowest BCUT2D eigenvalue weighted by atomic mass is 10.0. The summed E-state index contributed by atoms with van der Waals surface area (Å²) in [5.41, 5.74) is 0.231. The van der Waals surface area contributed by atoms with E-state index in [1.165, 1.54) is 6.92 Å². The van der Waals surface area contributed by atoms with Gasteiger partial charge < -0.3 is 20.3 Å².